The Balaban J connectivity index is 1.24. The molecule has 264 valence electrons. The Morgan fingerprint density at radius 3 is 1.70 bits per heavy atom. The number of rotatable bonds is 7. The van der Waals surface area contributed by atoms with Crippen LogP contribution in [0.1, 0.15) is 36.1 Å². The van der Waals surface area contributed by atoms with Crippen molar-refractivity contribution in [3.05, 3.63) is 190 Å². The third-order valence-corrected chi connectivity index (χ3v) is 10.2. The van der Waals surface area contributed by atoms with Crippen molar-refractivity contribution in [2.45, 2.75) is 41.5 Å². The van der Waals surface area contributed by atoms with E-state index in [0.717, 1.165) is 45.2 Å². The zero-order valence-corrected chi connectivity index (χ0v) is 31.9. The fraction of sp³-hybridized carbons (Fsp3) is 0.118. The monoisotopic (exact) mass is 699 g/mol. The maximum Gasteiger partial charge on any atom is 0.138 e. The van der Waals surface area contributed by atoms with Gasteiger partial charge in [0, 0.05) is 33.8 Å². The smallest absolute Gasteiger partial charge is 0.138 e. The highest BCUT2D eigenvalue weighted by molar-refractivity contribution is 6.01. The molecule has 0 radical (unpaired) electrons. The van der Waals surface area contributed by atoms with E-state index < -0.39 is 0 Å². The van der Waals surface area contributed by atoms with E-state index in [1.807, 2.05) is 0 Å². The van der Waals surface area contributed by atoms with Gasteiger partial charge in [-0.2, -0.15) is 0 Å². The van der Waals surface area contributed by atoms with E-state index in [1.165, 1.54) is 54.2 Å². The Morgan fingerprint density at radius 2 is 1.04 bits per heavy atom. The summed E-state index contributed by atoms with van der Waals surface area (Å²) in [5.74, 6) is 0.895. The Morgan fingerprint density at radius 1 is 0.481 bits per heavy atom. The van der Waals surface area contributed by atoms with Crippen LogP contribution in [0.4, 0.5) is 28.6 Å². The fourth-order valence-corrected chi connectivity index (χ4v) is 7.77. The number of aryl methyl sites for hydroxylation is 4. The van der Waals surface area contributed by atoms with Crippen LogP contribution in [-0.4, -0.2) is 4.98 Å². The van der Waals surface area contributed by atoms with Gasteiger partial charge >= 0.3 is 0 Å². The van der Waals surface area contributed by atoms with Gasteiger partial charge in [0.15, 0.2) is 0 Å². The average Bonchev–Trinajstić information content (AvgIpc) is 3.16. The summed E-state index contributed by atoms with van der Waals surface area (Å²) in [6.45, 7) is 12.9. The van der Waals surface area contributed by atoms with Gasteiger partial charge in [-0.25, -0.2) is 4.98 Å². The summed E-state index contributed by atoms with van der Waals surface area (Å²) in [6, 6.07) is 52.9. The van der Waals surface area contributed by atoms with Crippen LogP contribution < -0.4 is 20.2 Å². The minimum absolute atomic E-state index is 0.895. The molecule has 0 unspecified atom stereocenters. The summed E-state index contributed by atoms with van der Waals surface area (Å²) in [6.07, 6.45) is 6.62. The van der Waals surface area contributed by atoms with E-state index in [1.54, 1.807) is 0 Å². The van der Waals surface area contributed by atoms with Crippen molar-refractivity contribution < 1.29 is 0 Å². The lowest BCUT2D eigenvalue weighted by Gasteiger charge is -2.27. The summed E-state index contributed by atoms with van der Waals surface area (Å²) >= 11 is 0. The molecule has 3 nitrogen and oxygen atoms in total. The van der Waals surface area contributed by atoms with Crippen molar-refractivity contribution in [3.63, 3.8) is 0 Å². The van der Waals surface area contributed by atoms with E-state index in [4.69, 9.17) is 4.98 Å². The number of anilines is 5. The maximum atomic E-state index is 5.15. The van der Waals surface area contributed by atoms with E-state index in [0.29, 0.717) is 0 Å². The van der Waals surface area contributed by atoms with Crippen molar-refractivity contribution in [2.75, 3.05) is 9.80 Å². The topological polar surface area (TPSA) is 19.4 Å². The van der Waals surface area contributed by atoms with E-state index in [-0.39, 0.29) is 0 Å². The normalized spacial score (nSPS) is 12.6. The van der Waals surface area contributed by atoms with Crippen LogP contribution in [0.25, 0.3) is 44.6 Å². The molecule has 0 amide bonds. The number of hydrogen-bond donors (Lipinski definition) is 0. The van der Waals surface area contributed by atoms with Crippen LogP contribution in [0.15, 0.2) is 157 Å². The van der Waals surface area contributed by atoms with E-state index in [9.17, 15) is 0 Å². The molecule has 3 heteroatoms. The molecule has 0 bridgehead atoms. The van der Waals surface area contributed by atoms with Crippen molar-refractivity contribution in [1.29, 1.82) is 0 Å². The first kappa shape index (κ1) is 34.6. The van der Waals surface area contributed by atoms with Crippen LogP contribution in [-0.2, 0) is 0 Å². The highest BCUT2D eigenvalue weighted by Gasteiger charge is 2.17. The molecule has 0 aliphatic rings. The Labute approximate surface area is 318 Å². The highest BCUT2D eigenvalue weighted by Crippen LogP contribution is 2.39. The molecular formula is C51H45N3. The van der Waals surface area contributed by atoms with Crippen molar-refractivity contribution in [2.24, 2.45) is 0 Å². The Kier molecular flexibility index (Phi) is 9.31. The predicted molar refractivity (Wildman–Crippen MR) is 233 cm³/mol. The summed E-state index contributed by atoms with van der Waals surface area (Å²) in [7, 11) is 0. The van der Waals surface area contributed by atoms with E-state index in [2.05, 4.69) is 215 Å². The van der Waals surface area contributed by atoms with Gasteiger partial charge in [-0.3, -0.25) is 4.90 Å². The van der Waals surface area contributed by atoms with Gasteiger partial charge in [-0.05, 0) is 181 Å². The molecule has 1 aromatic heterocycles. The third kappa shape index (κ3) is 7.01. The lowest BCUT2D eigenvalue weighted by atomic mass is 10.0. The van der Waals surface area contributed by atoms with Crippen LogP contribution in [0.2, 0.25) is 0 Å². The van der Waals surface area contributed by atoms with Crippen LogP contribution in [0.5, 0.6) is 0 Å². The number of benzene rings is 7. The second kappa shape index (κ2) is 14.5. The first-order chi connectivity index (χ1) is 26.2. The van der Waals surface area contributed by atoms with Crippen LogP contribution in [0, 0.1) is 27.7 Å². The summed E-state index contributed by atoms with van der Waals surface area (Å²) < 4.78 is 0. The zero-order chi connectivity index (χ0) is 37.3. The minimum atomic E-state index is 0.895. The largest absolute Gasteiger partial charge is 0.314 e. The van der Waals surface area contributed by atoms with Crippen molar-refractivity contribution >= 4 is 73.2 Å². The van der Waals surface area contributed by atoms with Gasteiger partial charge in [0.05, 0.1) is 5.52 Å². The van der Waals surface area contributed by atoms with Crippen molar-refractivity contribution in [1.82, 2.24) is 4.98 Å². The summed E-state index contributed by atoms with van der Waals surface area (Å²) in [5, 5.41) is 8.35. The number of allylic oxidation sites excluding steroid dienone is 2. The van der Waals surface area contributed by atoms with E-state index >= 15 is 0 Å². The molecule has 54 heavy (non-hydrogen) atoms. The second-order valence-electron chi connectivity index (χ2n) is 14.5. The number of para-hydroxylation sites is 1. The molecule has 0 aliphatic carbocycles. The molecule has 7 aromatic carbocycles. The first-order valence-corrected chi connectivity index (χ1v) is 18.7. The molecule has 0 saturated heterocycles. The van der Waals surface area contributed by atoms with Crippen LogP contribution in [0.3, 0.4) is 0 Å². The molecule has 0 aliphatic heterocycles. The lowest BCUT2D eigenvalue weighted by molar-refractivity contribution is 1.15. The van der Waals surface area contributed by atoms with Gasteiger partial charge in [-0.15, -0.1) is 0 Å². The number of hydrogen-bond acceptors (Lipinski definition) is 3. The molecule has 8 aromatic rings. The Bertz CT molecular complexity index is 2820. The minimum Gasteiger partial charge on any atom is -0.314 e. The molecule has 1 heterocycles. The molecule has 0 fully saturated rings. The molecule has 0 saturated carbocycles. The maximum absolute atomic E-state index is 5.15. The standard InChI is InChI=1S/C51H45N3/c1-7-39-12-8-9-13-40(39)17-16-38(6)53(48-26-34(2)24-35(3)27-48)46-21-18-42-31-45-33-47(22-19-43(45)30-44(42)32-46)54(49-28-36(4)25-37(5)29-49)51-23-20-41-14-10-11-15-50(41)52-51/h7-33H,1-6H3/b38-16+,39-7+,40-17-. The number of aromatic nitrogens is 1. The van der Waals surface area contributed by atoms with Gasteiger partial charge < -0.3 is 4.90 Å². The first-order valence-electron chi connectivity index (χ1n) is 18.7. The van der Waals surface area contributed by atoms with Gasteiger partial charge in [0.25, 0.3) is 0 Å². The molecular weight excluding hydrogens is 655 g/mol. The van der Waals surface area contributed by atoms with Gasteiger partial charge in [-0.1, -0.05) is 78.9 Å². The second-order valence-corrected chi connectivity index (χ2v) is 14.5. The molecule has 0 N–H and O–H groups in total. The number of nitrogens with zero attached hydrogens (tertiary/aromatic N) is 3. The summed E-state index contributed by atoms with van der Waals surface area (Å²) in [5.41, 5.74) is 11.5. The third-order valence-electron chi connectivity index (χ3n) is 10.2. The number of pyridine rings is 1. The quantitative estimate of drug-likeness (QED) is 0.154. The van der Waals surface area contributed by atoms with Crippen LogP contribution >= 0.6 is 0 Å². The SMILES string of the molecule is C\C=c1/cccc/c1=C/C=C(\C)N(c1cc(C)cc(C)c1)c1ccc2cc3cc(N(c4cc(C)cc(C)c4)c4ccc5ccccc5n4)ccc3cc2c1. The van der Waals surface area contributed by atoms with Crippen molar-refractivity contribution in [3.8, 4) is 0 Å². The number of fused-ring (bicyclic) bond motifs is 3. The molecule has 0 atom stereocenters. The Hall–Kier alpha value is -6.45. The molecule has 0 spiro atoms. The van der Waals surface area contributed by atoms with Gasteiger partial charge in [0.2, 0.25) is 0 Å². The zero-order valence-electron chi connectivity index (χ0n) is 31.9. The lowest BCUT2D eigenvalue weighted by Crippen LogP contribution is -2.23. The predicted octanol–water partition coefficient (Wildman–Crippen LogP) is 12.6. The van der Waals surface area contributed by atoms with Gasteiger partial charge in [0.1, 0.15) is 5.82 Å². The average molecular weight is 700 g/mol. The molecule has 8 rings (SSSR count). The summed E-state index contributed by atoms with van der Waals surface area (Å²) in [4.78, 5) is 9.80. The highest BCUT2D eigenvalue weighted by atomic mass is 15.2. The fourth-order valence-electron chi connectivity index (χ4n) is 7.77.